The van der Waals surface area contributed by atoms with Gasteiger partial charge in [-0.15, -0.1) is 24.0 Å². The minimum Gasteiger partial charge on any atom is -0.354 e. The normalized spacial score (nSPS) is 23.4. The molecule has 0 radical (unpaired) electrons. The van der Waals surface area contributed by atoms with E-state index in [9.17, 15) is 4.79 Å². The Morgan fingerprint density at radius 2 is 1.65 bits per heavy atom. The van der Waals surface area contributed by atoms with Gasteiger partial charge < -0.3 is 15.1 Å². The molecule has 2 heterocycles. The molecule has 0 aromatic rings. The van der Waals surface area contributed by atoms with Crippen LogP contribution in [0.4, 0.5) is 0 Å². The van der Waals surface area contributed by atoms with Gasteiger partial charge in [0.1, 0.15) is 0 Å². The van der Waals surface area contributed by atoms with Crippen LogP contribution in [0.2, 0.25) is 0 Å². The molecule has 6 nitrogen and oxygen atoms in total. The number of guanidine groups is 1. The van der Waals surface area contributed by atoms with Crippen LogP contribution in [0.1, 0.15) is 32.1 Å². The van der Waals surface area contributed by atoms with Crippen molar-refractivity contribution in [2.75, 3.05) is 52.9 Å². The van der Waals surface area contributed by atoms with E-state index in [-0.39, 0.29) is 24.0 Å². The highest BCUT2D eigenvalue weighted by Crippen LogP contribution is 2.18. The number of nitrogens with zero attached hydrogens (tertiary/aromatic N) is 4. The highest BCUT2D eigenvalue weighted by molar-refractivity contribution is 14.0. The molecule has 1 saturated carbocycles. The second-order valence-electron chi connectivity index (χ2n) is 6.67. The summed E-state index contributed by atoms with van der Waals surface area (Å²) in [6, 6.07) is 0.619. The lowest BCUT2D eigenvalue weighted by atomic mass is 9.93. The number of hydrogen-bond acceptors (Lipinski definition) is 3. The summed E-state index contributed by atoms with van der Waals surface area (Å²) in [5.41, 5.74) is 0. The fourth-order valence-corrected chi connectivity index (χ4v) is 3.41. The lowest BCUT2D eigenvalue weighted by Crippen LogP contribution is -2.56. The first-order chi connectivity index (χ1) is 10.8. The molecule has 23 heavy (non-hydrogen) atoms. The van der Waals surface area contributed by atoms with E-state index >= 15 is 0 Å². The van der Waals surface area contributed by atoms with E-state index in [0.29, 0.717) is 18.5 Å². The molecule has 3 rings (SSSR count). The zero-order valence-electron chi connectivity index (χ0n) is 14.2. The standard InChI is InChI=1S/C16H29N5O.HI/c1-17-16(18-14-5-4-6-14)21-11-9-19(10-12-21)13-15(22)20-7-2-3-8-20;/h14H,2-13H2,1H3,(H,17,18);1H. The number of halogens is 1. The van der Waals surface area contributed by atoms with Crippen molar-refractivity contribution in [2.45, 2.75) is 38.1 Å². The van der Waals surface area contributed by atoms with Crippen molar-refractivity contribution in [3.63, 3.8) is 0 Å². The number of nitrogens with one attached hydrogen (secondary N) is 1. The molecule has 1 aliphatic carbocycles. The van der Waals surface area contributed by atoms with Crippen molar-refractivity contribution >= 4 is 35.8 Å². The number of hydrogen-bond donors (Lipinski definition) is 1. The minimum atomic E-state index is 0. The summed E-state index contributed by atoms with van der Waals surface area (Å²) in [5.74, 6) is 1.35. The van der Waals surface area contributed by atoms with E-state index in [1.807, 2.05) is 11.9 Å². The van der Waals surface area contributed by atoms with Crippen molar-refractivity contribution in [3.05, 3.63) is 0 Å². The largest absolute Gasteiger partial charge is 0.354 e. The maximum Gasteiger partial charge on any atom is 0.236 e. The van der Waals surface area contributed by atoms with Crippen LogP contribution >= 0.6 is 24.0 Å². The average molecular weight is 435 g/mol. The van der Waals surface area contributed by atoms with Gasteiger partial charge in [-0.1, -0.05) is 0 Å². The summed E-state index contributed by atoms with van der Waals surface area (Å²) in [7, 11) is 1.87. The third-order valence-corrected chi connectivity index (χ3v) is 5.14. The third kappa shape index (κ3) is 4.95. The summed E-state index contributed by atoms with van der Waals surface area (Å²) in [6.45, 7) is 6.31. The smallest absolute Gasteiger partial charge is 0.236 e. The van der Waals surface area contributed by atoms with Crippen LogP contribution in [0.25, 0.3) is 0 Å². The Bertz CT molecular complexity index is 413. The van der Waals surface area contributed by atoms with Crippen LogP contribution in [-0.4, -0.2) is 85.5 Å². The Balaban J connectivity index is 0.00000192. The number of carbonyl (C=O) groups excluding carboxylic acids is 1. The molecule has 0 atom stereocenters. The van der Waals surface area contributed by atoms with Gasteiger partial charge in [-0.25, -0.2) is 0 Å². The van der Waals surface area contributed by atoms with Crippen molar-refractivity contribution in [3.8, 4) is 0 Å². The van der Waals surface area contributed by atoms with Gasteiger partial charge in [-0.2, -0.15) is 0 Å². The van der Waals surface area contributed by atoms with Gasteiger partial charge in [-0.05, 0) is 32.1 Å². The lowest BCUT2D eigenvalue weighted by Gasteiger charge is -2.38. The van der Waals surface area contributed by atoms with Crippen LogP contribution in [0.3, 0.4) is 0 Å². The van der Waals surface area contributed by atoms with E-state index in [0.717, 1.165) is 45.2 Å². The molecule has 0 unspecified atom stereocenters. The van der Waals surface area contributed by atoms with E-state index in [1.165, 1.54) is 32.1 Å². The maximum absolute atomic E-state index is 12.2. The number of likely N-dealkylation sites (tertiary alicyclic amines) is 1. The average Bonchev–Trinajstić information content (AvgIpc) is 3.02. The van der Waals surface area contributed by atoms with E-state index in [2.05, 4.69) is 20.1 Å². The van der Waals surface area contributed by atoms with Gasteiger partial charge in [0.25, 0.3) is 0 Å². The zero-order valence-corrected chi connectivity index (χ0v) is 16.5. The predicted octanol–water partition coefficient (Wildman–Crippen LogP) is 0.972. The maximum atomic E-state index is 12.2. The highest BCUT2D eigenvalue weighted by atomic mass is 127. The molecule has 0 aromatic heterocycles. The zero-order chi connectivity index (χ0) is 15.4. The molecule has 132 valence electrons. The summed E-state index contributed by atoms with van der Waals surface area (Å²) in [6.07, 6.45) is 6.21. The van der Waals surface area contributed by atoms with Crippen molar-refractivity contribution in [2.24, 2.45) is 4.99 Å². The Morgan fingerprint density at radius 3 is 2.17 bits per heavy atom. The van der Waals surface area contributed by atoms with Crippen molar-refractivity contribution < 1.29 is 4.79 Å². The molecule has 2 saturated heterocycles. The first kappa shape index (κ1) is 18.8. The SMILES string of the molecule is CN=C(NC1CCC1)N1CCN(CC(=O)N2CCCC2)CC1.I. The van der Waals surface area contributed by atoms with Crippen LogP contribution in [0, 0.1) is 0 Å². The van der Waals surface area contributed by atoms with E-state index < -0.39 is 0 Å². The highest BCUT2D eigenvalue weighted by Gasteiger charge is 2.26. The molecule has 1 N–H and O–H groups in total. The van der Waals surface area contributed by atoms with Gasteiger partial charge in [-0.3, -0.25) is 14.7 Å². The fourth-order valence-electron chi connectivity index (χ4n) is 3.41. The summed E-state index contributed by atoms with van der Waals surface area (Å²) in [5, 5.41) is 3.56. The van der Waals surface area contributed by atoms with Gasteiger partial charge in [0, 0.05) is 52.4 Å². The van der Waals surface area contributed by atoms with Gasteiger partial charge in [0.05, 0.1) is 6.54 Å². The molecule has 1 amide bonds. The summed E-state index contributed by atoms with van der Waals surface area (Å²) >= 11 is 0. The number of piperazine rings is 1. The molecular formula is C16H30IN5O. The molecule has 0 spiro atoms. The molecule has 3 fully saturated rings. The van der Waals surface area contributed by atoms with Crippen LogP contribution < -0.4 is 5.32 Å². The monoisotopic (exact) mass is 435 g/mol. The van der Waals surface area contributed by atoms with Crippen LogP contribution in [-0.2, 0) is 4.79 Å². The topological polar surface area (TPSA) is 51.2 Å². The quantitative estimate of drug-likeness (QED) is 0.408. The van der Waals surface area contributed by atoms with Gasteiger partial charge in [0.15, 0.2) is 5.96 Å². The minimum absolute atomic E-state index is 0. The first-order valence-electron chi connectivity index (χ1n) is 8.74. The van der Waals surface area contributed by atoms with Crippen LogP contribution in [0.5, 0.6) is 0 Å². The Hall–Kier alpha value is -0.570. The van der Waals surface area contributed by atoms with Gasteiger partial charge >= 0.3 is 0 Å². The van der Waals surface area contributed by atoms with Crippen molar-refractivity contribution in [1.29, 1.82) is 0 Å². The van der Waals surface area contributed by atoms with Crippen LogP contribution in [0.15, 0.2) is 4.99 Å². The molecule has 3 aliphatic rings. The second kappa shape index (κ2) is 9.05. The number of aliphatic imine (C=N–C) groups is 1. The first-order valence-corrected chi connectivity index (χ1v) is 8.74. The molecule has 2 aliphatic heterocycles. The fraction of sp³-hybridized carbons (Fsp3) is 0.875. The Labute approximate surface area is 156 Å². The molecule has 7 heteroatoms. The molecule has 0 bridgehead atoms. The predicted molar refractivity (Wildman–Crippen MR) is 103 cm³/mol. The number of carbonyl (C=O) groups is 1. The second-order valence-corrected chi connectivity index (χ2v) is 6.67. The Morgan fingerprint density at radius 1 is 1.00 bits per heavy atom. The Kier molecular flexibility index (Phi) is 7.39. The summed E-state index contributed by atoms with van der Waals surface area (Å²) < 4.78 is 0. The van der Waals surface area contributed by atoms with E-state index in [4.69, 9.17) is 0 Å². The number of amides is 1. The lowest BCUT2D eigenvalue weighted by molar-refractivity contribution is -0.131. The van der Waals surface area contributed by atoms with Crippen molar-refractivity contribution in [1.82, 2.24) is 20.0 Å². The molecular weight excluding hydrogens is 405 g/mol. The third-order valence-electron chi connectivity index (χ3n) is 5.14. The van der Waals surface area contributed by atoms with E-state index in [1.54, 1.807) is 0 Å². The van der Waals surface area contributed by atoms with Gasteiger partial charge in [0.2, 0.25) is 5.91 Å². The summed E-state index contributed by atoms with van der Waals surface area (Å²) in [4.78, 5) is 23.3. The number of rotatable bonds is 3. The molecule has 0 aromatic carbocycles.